The lowest BCUT2D eigenvalue weighted by Gasteiger charge is -2.27. The molecule has 134 valence electrons. The van der Waals surface area contributed by atoms with Crippen LogP contribution in [-0.2, 0) is 11.8 Å². The van der Waals surface area contributed by atoms with Crippen LogP contribution in [0.1, 0.15) is 37.5 Å². The van der Waals surface area contributed by atoms with Gasteiger partial charge in [-0.1, -0.05) is 42.4 Å². The zero-order chi connectivity index (χ0) is 17.7. The van der Waals surface area contributed by atoms with E-state index in [1.165, 1.54) is 5.56 Å². The molecule has 0 spiro atoms. The zero-order valence-electron chi connectivity index (χ0n) is 15.3. The topological polar surface area (TPSA) is 66.5 Å². The maximum absolute atomic E-state index is 5.16. The molecule has 1 aromatic heterocycles. The van der Waals surface area contributed by atoms with Gasteiger partial charge in [-0.25, -0.2) is 0 Å². The van der Waals surface area contributed by atoms with E-state index in [0.29, 0.717) is 24.7 Å². The van der Waals surface area contributed by atoms with E-state index >= 15 is 0 Å². The second-order valence-corrected chi connectivity index (χ2v) is 6.82. The molecule has 2 aromatic rings. The highest BCUT2D eigenvalue weighted by Gasteiger charge is 2.36. The van der Waals surface area contributed by atoms with Crippen LogP contribution in [0.3, 0.4) is 0 Å². The SMILES string of the molecule is CCNC(=NCCc1nc(C)no1)N1CCC(C)(c2ccccc2)C1. The van der Waals surface area contributed by atoms with Crippen LogP contribution in [0.15, 0.2) is 39.8 Å². The molecule has 1 saturated heterocycles. The first kappa shape index (κ1) is 17.5. The third-order valence-electron chi connectivity index (χ3n) is 4.74. The molecule has 1 aliphatic rings. The highest BCUT2D eigenvalue weighted by molar-refractivity contribution is 5.80. The number of hydrogen-bond acceptors (Lipinski definition) is 4. The average Bonchev–Trinajstić information content (AvgIpc) is 3.22. The Kier molecular flexibility index (Phi) is 5.36. The molecule has 25 heavy (non-hydrogen) atoms. The highest BCUT2D eigenvalue weighted by atomic mass is 16.5. The molecule has 1 fully saturated rings. The monoisotopic (exact) mass is 341 g/mol. The van der Waals surface area contributed by atoms with E-state index < -0.39 is 0 Å². The number of nitrogens with one attached hydrogen (secondary N) is 1. The lowest BCUT2D eigenvalue weighted by atomic mass is 9.82. The Morgan fingerprint density at radius 1 is 1.36 bits per heavy atom. The number of hydrogen-bond donors (Lipinski definition) is 1. The van der Waals surface area contributed by atoms with Crippen LogP contribution in [0.5, 0.6) is 0 Å². The molecule has 0 radical (unpaired) electrons. The molecule has 1 aliphatic heterocycles. The van der Waals surface area contributed by atoms with Gasteiger partial charge in [-0.3, -0.25) is 4.99 Å². The summed E-state index contributed by atoms with van der Waals surface area (Å²) in [7, 11) is 0. The fourth-order valence-electron chi connectivity index (χ4n) is 3.34. The number of likely N-dealkylation sites (tertiary alicyclic amines) is 1. The van der Waals surface area contributed by atoms with Crippen molar-refractivity contribution in [1.82, 2.24) is 20.4 Å². The summed E-state index contributed by atoms with van der Waals surface area (Å²) in [6.07, 6.45) is 1.80. The smallest absolute Gasteiger partial charge is 0.228 e. The fraction of sp³-hybridized carbons (Fsp3) is 0.526. The van der Waals surface area contributed by atoms with Crippen molar-refractivity contribution in [1.29, 1.82) is 0 Å². The Labute approximate surface area is 149 Å². The van der Waals surface area contributed by atoms with Gasteiger partial charge in [0.25, 0.3) is 0 Å². The summed E-state index contributed by atoms with van der Waals surface area (Å²) in [5.41, 5.74) is 1.57. The molecule has 1 N–H and O–H groups in total. The van der Waals surface area contributed by atoms with Crippen molar-refractivity contribution in [2.24, 2.45) is 4.99 Å². The lowest BCUT2D eigenvalue weighted by Crippen LogP contribution is -2.41. The normalized spacial score (nSPS) is 20.9. The van der Waals surface area contributed by atoms with Crippen LogP contribution < -0.4 is 5.32 Å². The molecule has 0 bridgehead atoms. The molecule has 6 nitrogen and oxygen atoms in total. The molecule has 0 saturated carbocycles. The summed E-state index contributed by atoms with van der Waals surface area (Å²) in [4.78, 5) is 11.4. The molecule has 2 heterocycles. The van der Waals surface area contributed by atoms with Crippen molar-refractivity contribution in [3.05, 3.63) is 47.6 Å². The summed E-state index contributed by atoms with van der Waals surface area (Å²) in [6, 6.07) is 10.8. The minimum atomic E-state index is 0.168. The van der Waals surface area contributed by atoms with Gasteiger partial charge in [0, 0.05) is 31.5 Å². The Bertz CT molecular complexity index is 712. The third kappa shape index (κ3) is 4.18. The Morgan fingerprint density at radius 2 is 2.16 bits per heavy atom. The number of guanidine groups is 1. The zero-order valence-corrected chi connectivity index (χ0v) is 15.3. The van der Waals surface area contributed by atoms with Crippen molar-refractivity contribution in [2.45, 2.75) is 39.0 Å². The van der Waals surface area contributed by atoms with Gasteiger partial charge in [-0.05, 0) is 25.8 Å². The summed E-state index contributed by atoms with van der Waals surface area (Å²) in [5.74, 6) is 2.29. The number of benzene rings is 1. The van der Waals surface area contributed by atoms with Crippen molar-refractivity contribution in [3.63, 3.8) is 0 Å². The number of nitrogens with zero attached hydrogens (tertiary/aromatic N) is 4. The van der Waals surface area contributed by atoms with Gasteiger partial charge in [-0.15, -0.1) is 0 Å². The Morgan fingerprint density at radius 3 is 2.84 bits per heavy atom. The Hall–Kier alpha value is -2.37. The van der Waals surface area contributed by atoms with Gasteiger partial charge in [0.05, 0.1) is 6.54 Å². The van der Waals surface area contributed by atoms with Crippen LogP contribution in [0.4, 0.5) is 0 Å². The van der Waals surface area contributed by atoms with E-state index in [9.17, 15) is 0 Å². The summed E-state index contributed by atoms with van der Waals surface area (Å²) in [6.45, 7) is 9.75. The molecule has 0 amide bonds. The molecule has 0 aliphatic carbocycles. The molecule has 1 atom stereocenters. The highest BCUT2D eigenvalue weighted by Crippen LogP contribution is 2.33. The first-order valence-electron chi connectivity index (χ1n) is 8.99. The van der Waals surface area contributed by atoms with Crippen molar-refractivity contribution >= 4 is 5.96 Å². The summed E-state index contributed by atoms with van der Waals surface area (Å²) in [5, 5.41) is 7.23. The molecular formula is C19H27N5O. The number of aliphatic imine (C=N–C) groups is 1. The predicted molar refractivity (Wildman–Crippen MR) is 98.7 cm³/mol. The van der Waals surface area contributed by atoms with E-state index in [1.54, 1.807) is 0 Å². The number of rotatable bonds is 5. The van der Waals surface area contributed by atoms with Crippen molar-refractivity contribution in [2.75, 3.05) is 26.2 Å². The van der Waals surface area contributed by atoms with Gasteiger partial charge >= 0.3 is 0 Å². The second-order valence-electron chi connectivity index (χ2n) is 6.82. The van der Waals surface area contributed by atoms with Crippen LogP contribution in [0.25, 0.3) is 0 Å². The Balaban J connectivity index is 1.65. The standard InChI is InChI=1S/C19H27N5O/c1-4-20-18(21-12-10-17-22-15(2)23-25-17)24-13-11-19(3,14-24)16-8-6-5-7-9-16/h5-9H,4,10-14H2,1-3H3,(H,20,21). The van der Waals surface area contributed by atoms with Gasteiger partial charge in [0.15, 0.2) is 11.8 Å². The van der Waals surface area contributed by atoms with Crippen LogP contribution in [0, 0.1) is 6.92 Å². The average molecular weight is 341 g/mol. The summed E-state index contributed by atoms with van der Waals surface area (Å²) >= 11 is 0. The van der Waals surface area contributed by atoms with Gasteiger partial charge in [0.2, 0.25) is 5.89 Å². The van der Waals surface area contributed by atoms with E-state index in [1.807, 2.05) is 6.92 Å². The van der Waals surface area contributed by atoms with Crippen molar-refractivity contribution < 1.29 is 4.52 Å². The van der Waals surface area contributed by atoms with Crippen LogP contribution in [0.2, 0.25) is 0 Å². The lowest BCUT2D eigenvalue weighted by molar-refractivity contribution is 0.375. The van der Waals surface area contributed by atoms with Gasteiger partial charge < -0.3 is 14.7 Å². The van der Waals surface area contributed by atoms with E-state index in [0.717, 1.165) is 32.0 Å². The van der Waals surface area contributed by atoms with Crippen LogP contribution >= 0.6 is 0 Å². The largest absolute Gasteiger partial charge is 0.357 e. The molecule has 1 aromatic carbocycles. The third-order valence-corrected chi connectivity index (χ3v) is 4.74. The molecule has 6 heteroatoms. The maximum Gasteiger partial charge on any atom is 0.228 e. The van der Waals surface area contributed by atoms with Crippen molar-refractivity contribution in [3.8, 4) is 0 Å². The first-order chi connectivity index (χ1) is 12.1. The van der Waals surface area contributed by atoms with Crippen LogP contribution in [-0.4, -0.2) is 47.2 Å². The maximum atomic E-state index is 5.16. The van der Waals surface area contributed by atoms with E-state index in [-0.39, 0.29) is 5.41 Å². The minimum Gasteiger partial charge on any atom is -0.357 e. The van der Waals surface area contributed by atoms with E-state index in [2.05, 4.69) is 64.5 Å². The first-order valence-corrected chi connectivity index (χ1v) is 8.99. The molecule has 3 rings (SSSR count). The summed E-state index contributed by atoms with van der Waals surface area (Å²) < 4.78 is 5.16. The van der Waals surface area contributed by atoms with Gasteiger partial charge in [0.1, 0.15) is 0 Å². The number of aryl methyl sites for hydroxylation is 1. The molecule has 1 unspecified atom stereocenters. The predicted octanol–water partition coefficient (Wildman–Crippen LogP) is 2.55. The number of aromatic nitrogens is 2. The quantitative estimate of drug-likeness (QED) is 0.669. The molecular weight excluding hydrogens is 314 g/mol. The fourth-order valence-corrected chi connectivity index (χ4v) is 3.34. The van der Waals surface area contributed by atoms with E-state index in [4.69, 9.17) is 9.52 Å². The van der Waals surface area contributed by atoms with Gasteiger partial charge in [-0.2, -0.15) is 4.98 Å². The second kappa shape index (κ2) is 7.68. The minimum absolute atomic E-state index is 0.168.